The van der Waals surface area contributed by atoms with Crippen LogP contribution in [0.4, 0.5) is 5.69 Å². The molecule has 0 atom stereocenters. The van der Waals surface area contributed by atoms with E-state index < -0.39 is 0 Å². The Morgan fingerprint density at radius 1 is 1.00 bits per heavy atom. The molecule has 5 nitrogen and oxygen atoms in total. The Morgan fingerprint density at radius 3 is 2.44 bits per heavy atom. The maximum absolute atomic E-state index is 12.7. The minimum atomic E-state index is -0.328. The third-order valence-electron chi connectivity index (χ3n) is 3.76. The van der Waals surface area contributed by atoms with Gasteiger partial charge >= 0.3 is 0 Å². The van der Waals surface area contributed by atoms with Crippen LogP contribution >= 0.6 is 0 Å². The number of unbranched alkanes of at least 4 members (excludes halogenated alkanes) is 1. The predicted molar refractivity (Wildman–Crippen MR) is 108 cm³/mol. The van der Waals surface area contributed by atoms with Crippen LogP contribution in [0.5, 0.6) is 5.75 Å². The van der Waals surface area contributed by atoms with Crippen LogP contribution in [0.3, 0.4) is 0 Å². The van der Waals surface area contributed by atoms with E-state index in [4.69, 9.17) is 4.74 Å². The van der Waals surface area contributed by atoms with Crippen molar-refractivity contribution in [3.05, 3.63) is 59.7 Å². The zero-order chi connectivity index (χ0) is 19.9. The molecular formula is C22H28N2O3. The van der Waals surface area contributed by atoms with Gasteiger partial charge in [-0.1, -0.05) is 31.5 Å². The van der Waals surface area contributed by atoms with Gasteiger partial charge in [-0.15, -0.1) is 0 Å². The van der Waals surface area contributed by atoms with Gasteiger partial charge in [-0.25, -0.2) is 0 Å². The van der Waals surface area contributed by atoms with Crippen LogP contribution in [0.1, 0.15) is 61.3 Å². The SMILES string of the molecule is CCCCOc1ccccc1C(=O)Nc1cccc(C(=O)NC(C)(C)C)c1. The van der Waals surface area contributed by atoms with E-state index in [0.717, 1.165) is 12.8 Å². The predicted octanol–water partition coefficient (Wildman–Crippen LogP) is 4.65. The largest absolute Gasteiger partial charge is 0.493 e. The van der Waals surface area contributed by atoms with E-state index in [1.54, 1.807) is 42.5 Å². The van der Waals surface area contributed by atoms with Crippen molar-refractivity contribution in [1.82, 2.24) is 5.32 Å². The number of hydrogen-bond donors (Lipinski definition) is 2. The van der Waals surface area contributed by atoms with Gasteiger partial charge in [0.15, 0.2) is 0 Å². The van der Waals surface area contributed by atoms with Gasteiger partial charge in [-0.3, -0.25) is 9.59 Å². The van der Waals surface area contributed by atoms with E-state index in [1.807, 2.05) is 26.8 Å². The van der Waals surface area contributed by atoms with Gasteiger partial charge in [0.05, 0.1) is 12.2 Å². The number of amides is 2. The van der Waals surface area contributed by atoms with Crippen LogP contribution < -0.4 is 15.4 Å². The molecule has 0 saturated carbocycles. The van der Waals surface area contributed by atoms with Crippen molar-refractivity contribution >= 4 is 17.5 Å². The summed E-state index contributed by atoms with van der Waals surface area (Å²) in [6, 6.07) is 14.1. The van der Waals surface area contributed by atoms with Crippen LogP contribution in [-0.2, 0) is 0 Å². The van der Waals surface area contributed by atoms with Crippen molar-refractivity contribution in [1.29, 1.82) is 0 Å². The summed E-state index contributed by atoms with van der Waals surface area (Å²) < 4.78 is 5.73. The molecule has 144 valence electrons. The van der Waals surface area contributed by atoms with Gasteiger partial charge < -0.3 is 15.4 Å². The number of ether oxygens (including phenoxy) is 1. The summed E-state index contributed by atoms with van der Waals surface area (Å²) in [5.74, 6) is 0.113. The molecule has 27 heavy (non-hydrogen) atoms. The summed E-state index contributed by atoms with van der Waals surface area (Å²) in [7, 11) is 0. The van der Waals surface area contributed by atoms with E-state index in [9.17, 15) is 9.59 Å². The lowest BCUT2D eigenvalue weighted by Crippen LogP contribution is -2.40. The summed E-state index contributed by atoms with van der Waals surface area (Å²) in [4.78, 5) is 25.0. The second kappa shape index (κ2) is 9.21. The normalized spacial score (nSPS) is 11.0. The lowest BCUT2D eigenvalue weighted by molar-refractivity contribution is 0.0918. The maximum atomic E-state index is 12.7. The monoisotopic (exact) mass is 368 g/mol. The van der Waals surface area contributed by atoms with Crippen molar-refractivity contribution in [3.8, 4) is 5.75 Å². The number of benzene rings is 2. The minimum Gasteiger partial charge on any atom is -0.493 e. The topological polar surface area (TPSA) is 67.4 Å². The molecule has 5 heteroatoms. The smallest absolute Gasteiger partial charge is 0.259 e. The van der Waals surface area contributed by atoms with Crippen molar-refractivity contribution in [3.63, 3.8) is 0 Å². The highest BCUT2D eigenvalue weighted by atomic mass is 16.5. The van der Waals surface area contributed by atoms with Gasteiger partial charge in [-0.2, -0.15) is 0 Å². The van der Waals surface area contributed by atoms with Gasteiger partial charge in [-0.05, 0) is 57.5 Å². The van der Waals surface area contributed by atoms with Crippen LogP contribution in [0.25, 0.3) is 0 Å². The summed E-state index contributed by atoms with van der Waals surface area (Å²) >= 11 is 0. The first kappa shape index (κ1) is 20.5. The first-order valence-corrected chi connectivity index (χ1v) is 9.26. The number of carbonyl (C=O) groups is 2. The van der Waals surface area contributed by atoms with Crippen LogP contribution in [-0.4, -0.2) is 24.0 Å². The standard InChI is InChI=1S/C22H28N2O3/c1-5-6-14-27-19-13-8-7-12-18(19)21(26)23-17-11-9-10-16(15-17)20(25)24-22(2,3)4/h7-13,15H,5-6,14H2,1-4H3,(H,23,26)(H,24,25). The van der Waals surface area contributed by atoms with Gasteiger partial charge in [0, 0.05) is 16.8 Å². The Labute approximate surface area is 161 Å². The molecule has 2 rings (SSSR count). The highest BCUT2D eigenvalue weighted by molar-refractivity contribution is 6.06. The molecule has 0 heterocycles. The third kappa shape index (κ3) is 6.44. The Kier molecular flexibility index (Phi) is 6.99. The van der Waals surface area contributed by atoms with Gasteiger partial charge in [0.1, 0.15) is 5.75 Å². The van der Waals surface area contributed by atoms with Crippen molar-refractivity contribution < 1.29 is 14.3 Å². The molecule has 0 bridgehead atoms. The molecule has 0 aliphatic heterocycles. The highest BCUT2D eigenvalue weighted by Crippen LogP contribution is 2.21. The molecule has 2 aromatic carbocycles. The fourth-order valence-electron chi connectivity index (χ4n) is 2.46. The Balaban J connectivity index is 2.12. The van der Waals surface area contributed by atoms with Crippen LogP contribution in [0.15, 0.2) is 48.5 Å². The molecule has 0 unspecified atom stereocenters. The van der Waals surface area contributed by atoms with Crippen LogP contribution in [0, 0.1) is 0 Å². The van der Waals surface area contributed by atoms with E-state index in [0.29, 0.717) is 29.2 Å². The molecular weight excluding hydrogens is 340 g/mol. The summed E-state index contributed by atoms with van der Waals surface area (Å²) in [5, 5.41) is 5.76. The zero-order valence-corrected chi connectivity index (χ0v) is 16.5. The number of rotatable bonds is 7. The Hall–Kier alpha value is -2.82. The molecule has 0 aliphatic carbocycles. The molecule has 0 aromatic heterocycles. The average molecular weight is 368 g/mol. The molecule has 0 aliphatic rings. The number of nitrogens with one attached hydrogen (secondary N) is 2. The number of hydrogen-bond acceptors (Lipinski definition) is 3. The summed E-state index contributed by atoms with van der Waals surface area (Å²) in [6.45, 7) is 8.43. The molecule has 2 aromatic rings. The van der Waals surface area contributed by atoms with Gasteiger partial charge in [0.2, 0.25) is 0 Å². The molecule has 2 N–H and O–H groups in total. The molecule has 0 radical (unpaired) electrons. The third-order valence-corrected chi connectivity index (χ3v) is 3.76. The first-order valence-electron chi connectivity index (χ1n) is 9.26. The summed E-state index contributed by atoms with van der Waals surface area (Å²) in [6.07, 6.45) is 1.96. The second-order valence-corrected chi connectivity index (χ2v) is 7.44. The van der Waals surface area contributed by atoms with Crippen molar-refractivity contribution in [2.24, 2.45) is 0 Å². The first-order chi connectivity index (χ1) is 12.8. The zero-order valence-electron chi connectivity index (χ0n) is 16.5. The lowest BCUT2D eigenvalue weighted by Gasteiger charge is -2.20. The highest BCUT2D eigenvalue weighted by Gasteiger charge is 2.16. The maximum Gasteiger partial charge on any atom is 0.259 e. The number of anilines is 1. The van der Waals surface area contributed by atoms with Crippen molar-refractivity contribution in [2.75, 3.05) is 11.9 Å². The number of carbonyl (C=O) groups excluding carboxylic acids is 2. The molecule has 0 spiro atoms. The quantitative estimate of drug-likeness (QED) is 0.699. The minimum absolute atomic E-state index is 0.179. The number of para-hydroxylation sites is 1. The second-order valence-electron chi connectivity index (χ2n) is 7.44. The molecule has 2 amide bonds. The average Bonchev–Trinajstić information content (AvgIpc) is 2.61. The van der Waals surface area contributed by atoms with E-state index >= 15 is 0 Å². The van der Waals surface area contributed by atoms with Crippen molar-refractivity contribution in [2.45, 2.75) is 46.1 Å². The summed E-state index contributed by atoms with van der Waals surface area (Å²) in [5.41, 5.74) is 1.20. The molecule has 0 saturated heterocycles. The molecule has 0 fully saturated rings. The van der Waals surface area contributed by atoms with E-state index in [-0.39, 0.29) is 17.4 Å². The van der Waals surface area contributed by atoms with E-state index in [2.05, 4.69) is 17.6 Å². The Morgan fingerprint density at radius 2 is 1.74 bits per heavy atom. The fourth-order valence-corrected chi connectivity index (χ4v) is 2.46. The fraction of sp³-hybridized carbons (Fsp3) is 0.364. The van der Waals surface area contributed by atoms with E-state index in [1.165, 1.54) is 0 Å². The van der Waals surface area contributed by atoms with Crippen LogP contribution in [0.2, 0.25) is 0 Å². The Bertz CT molecular complexity index is 794. The van der Waals surface area contributed by atoms with Gasteiger partial charge in [0.25, 0.3) is 11.8 Å². The lowest BCUT2D eigenvalue weighted by atomic mass is 10.1.